The Morgan fingerprint density at radius 1 is 1.33 bits per heavy atom. The number of rotatable bonds is 6. The average Bonchev–Trinajstić information content (AvgIpc) is 2.04. The first kappa shape index (κ1) is 11.4. The van der Waals surface area contributed by atoms with Gasteiger partial charge in [0.2, 0.25) is 0 Å². The minimum absolute atomic E-state index is 0.161. The van der Waals surface area contributed by atoms with E-state index in [2.05, 4.69) is 6.07 Å². The summed E-state index contributed by atoms with van der Waals surface area (Å²) in [6, 6.07) is 2.29. The molecule has 0 spiro atoms. The van der Waals surface area contributed by atoms with Gasteiger partial charge in [-0.3, -0.25) is 0 Å². The van der Waals surface area contributed by atoms with E-state index in [1.54, 1.807) is 0 Å². The van der Waals surface area contributed by atoms with Crippen LogP contribution in [0, 0.1) is 16.7 Å². The summed E-state index contributed by atoms with van der Waals surface area (Å²) in [5.41, 5.74) is -0.161. The van der Waals surface area contributed by atoms with E-state index in [1.807, 2.05) is 20.8 Å². The Hall–Kier alpha value is -0.550. The number of ether oxygens (including phenoxy) is 1. The lowest BCUT2D eigenvalue weighted by Crippen LogP contribution is -2.07. The summed E-state index contributed by atoms with van der Waals surface area (Å²) in [5, 5.41) is 8.72. The lowest BCUT2D eigenvalue weighted by molar-refractivity contribution is 0.141. The zero-order chi connectivity index (χ0) is 9.45. The zero-order valence-electron chi connectivity index (χ0n) is 8.39. The maximum atomic E-state index is 8.72. The van der Waals surface area contributed by atoms with Gasteiger partial charge in [0.25, 0.3) is 0 Å². The summed E-state index contributed by atoms with van der Waals surface area (Å²) < 4.78 is 5.20. The fraction of sp³-hybridized carbons (Fsp3) is 0.900. The lowest BCUT2D eigenvalue weighted by atomic mass is 9.89. The van der Waals surface area contributed by atoms with Gasteiger partial charge in [-0.25, -0.2) is 0 Å². The highest BCUT2D eigenvalue weighted by Crippen LogP contribution is 2.21. The van der Waals surface area contributed by atoms with Crippen LogP contribution >= 0.6 is 0 Å². The smallest absolute Gasteiger partial charge is 0.0683 e. The first-order valence-electron chi connectivity index (χ1n) is 4.61. The van der Waals surface area contributed by atoms with Crippen molar-refractivity contribution in [1.29, 1.82) is 5.26 Å². The topological polar surface area (TPSA) is 33.0 Å². The largest absolute Gasteiger partial charge is 0.382 e. The van der Waals surface area contributed by atoms with Crippen molar-refractivity contribution in [2.45, 2.75) is 40.0 Å². The second kappa shape index (κ2) is 6.02. The fourth-order valence-electron chi connectivity index (χ4n) is 0.971. The summed E-state index contributed by atoms with van der Waals surface area (Å²) in [6.45, 7) is 7.58. The van der Waals surface area contributed by atoms with Gasteiger partial charge >= 0.3 is 0 Å². The zero-order valence-corrected chi connectivity index (χ0v) is 8.39. The molecule has 0 aliphatic heterocycles. The van der Waals surface area contributed by atoms with Gasteiger partial charge in [-0.05, 0) is 40.0 Å². The van der Waals surface area contributed by atoms with Crippen LogP contribution in [0.15, 0.2) is 0 Å². The standard InChI is InChI=1S/C10H19NO/c1-4-12-8-6-5-7-10(2,3)9-11/h4-8H2,1-3H3. The number of nitrogens with zero attached hydrogens (tertiary/aromatic N) is 1. The summed E-state index contributed by atoms with van der Waals surface area (Å²) in [4.78, 5) is 0. The SMILES string of the molecule is CCOCCCCC(C)(C)C#N. The van der Waals surface area contributed by atoms with Crippen molar-refractivity contribution >= 4 is 0 Å². The number of nitriles is 1. The van der Waals surface area contributed by atoms with Crippen LogP contribution in [0.5, 0.6) is 0 Å². The molecule has 0 bridgehead atoms. The Morgan fingerprint density at radius 3 is 2.50 bits per heavy atom. The van der Waals surface area contributed by atoms with Crippen molar-refractivity contribution in [3.05, 3.63) is 0 Å². The molecule has 0 saturated carbocycles. The van der Waals surface area contributed by atoms with Crippen molar-refractivity contribution in [3.8, 4) is 6.07 Å². The molecule has 0 unspecified atom stereocenters. The summed E-state index contributed by atoms with van der Waals surface area (Å²) in [6.07, 6.45) is 3.12. The molecule has 0 aliphatic rings. The van der Waals surface area contributed by atoms with E-state index in [-0.39, 0.29) is 5.41 Å². The molecule has 0 radical (unpaired) electrons. The molecule has 0 rings (SSSR count). The van der Waals surface area contributed by atoms with Crippen molar-refractivity contribution < 1.29 is 4.74 Å². The van der Waals surface area contributed by atoms with Crippen LogP contribution in [0.3, 0.4) is 0 Å². The summed E-state index contributed by atoms with van der Waals surface area (Å²) >= 11 is 0. The predicted molar refractivity (Wildman–Crippen MR) is 49.7 cm³/mol. The molecule has 2 heteroatoms. The van der Waals surface area contributed by atoms with Crippen LogP contribution in [0.1, 0.15) is 40.0 Å². The minimum Gasteiger partial charge on any atom is -0.382 e. The molecule has 0 amide bonds. The normalized spacial score (nSPS) is 11.2. The van der Waals surface area contributed by atoms with Crippen LogP contribution < -0.4 is 0 Å². The highest BCUT2D eigenvalue weighted by atomic mass is 16.5. The summed E-state index contributed by atoms with van der Waals surface area (Å²) in [7, 11) is 0. The van der Waals surface area contributed by atoms with E-state index < -0.39 is 0 Å². The quantitative estimate of drug-likeness (QED) is 0.573. The highest BCUT2D eigenvalue weighted by molar-refractivity contribution is 4.91. The van der Waals surface area contributed by atoms with Crippen LogP contribution in [0.25, 0.3) is 0 Å². The second-order valence-electron chi connectivity index (χ2n) is 3.65. The fourth-order valence-corrected chi connectivity index (χ4v) is 0.971. The van der Waals surface area contributed by atoms with Gasteiger partial charge in [0.05, 0.1) is 11.5 Å². The van der Waals surface area contributed by atoms with E-state index in [4.69, 9.17) is 10.00 Å². The lowest BCUT2D eigenvalue weighted by Gasteiger charge is -2.13. The van der Waals surface area contributed by atoms with Gasteiger partial charge in [-0.1, -0.05) is 0 Å². The third-order valence-electron chi connectivity index (χ3n) is 1.85. The van der Waals surface area contributed by atoms with Crippen molar-refractivity contribution in [1.82, 2.24) is 0 Å². The maximum absolute atomic E-state index is 8.72. The molecule has 12 heavy (non-hydrogen) atoms. The molecule has 2 nitrogen and oxygen atoms in total. The van der Waals surface area contributed by atoms with Crippen LogP contribution in [-0.2, 0) is 4.74 Å². The van der Waals surface area contributed by atoms with E-state index in [0.29, 0.717) is 0 Å². The second-order valence-corrected chi connectivity index (χ2v) is 3.65. The maximum Gasteiger partial charge on any atom is 0.0683 e. The molecule has 0 N–H and O–H groups in total. The Labute approximate surface area is 75.5 Å². The van der Waals surface area contributed by atoms with Gasteiger partial charge in [-0.2, -0.15) is 5.26 Å². The molecule has 0 heterocycles. The summed E-state index contributed by atoms with van der Waals surface area (Å²) in [5.74, 6) is 0. The molecule has 0 aromatic rings. The molecule has 0 aliphatic carbocycles. The highest BCUT2D eigenvalue weighted by Gasteiger charge is 2.14. The molecular formula is C10H19NO. The third kappa shape index (κ3) is 6.18. The Morgan fingerprint density at radius 2 is 2.00 bits per heavy atom. The van der Waals surface area contributed by atoms with Crippen LogP contribution in [0.4, 0.5) is 0 Å². The molecule has 0 atom stereocenters. The Kier molecular flexibility index (Phi) is 5.74. The number of unbranched alkanes of at least 4 members (excludes halogenated alkanes) is 1. The first-order valence-corrected chi connectivity index (χ1v) is 4.61. The minimum atomic E-state index is -0.161. The van der Waals surface area contributed by atoms with Gasteiger partial charge < -0.3 is 4.74 Å². The molecule has 70 valence electrons. The molecular weight excluding hydrogens is 150 g/mol. The Balaban J connectivity index is 3.27. The van der Waals surface area contributed by atoms with Gasteiger partial charge in [-0.15, -0.1) is 0 Å². The number of hydrogen-bond acceptors (Lipinski definition) is 2. The van der Waals surface area contributed by atoms with E-state index >= 15 is 0 Å². The molecule has 0 fully saturated rings. The third-order valence-corrected chi connectivity index (χ3v) is 1.85. The van der Waals surface area contributed by atoms with Gasteiger partial charge in [0.1, 0.15) is 0 Å². The van der Waals surface area contributed by atoms with E-state index in [0.717, 1.165) is 32.5 Å². The van der Waals surface area contributed by atoms with Crippen LogP contribution in [-0.4, -0.2) is 13.2 Å². The average molecular weight is 169 g/mol. The van der Waals surface area contributed by atoms with E-state index in [9.17, 15) is 0 Å². The Bertz CT molecular complexity index is 146. The molecule has 0 aromatic carbocycles. The monoisotopic (exact) mass is 169 g/mol. The van der Waals surface area contributed by atoms with Crippen molar-refractivity contribution in [2.75, 3.05) is 13.2 Å². The van der Waals surface area contributed by atoms with Gasteiger partial charge in [0, 0.05) is 13.2 Å². The van der Waals surface area contributed by atoms with E-state index in [1.165, 1.54) is 0 Å². The van der Waals surface area contributed by atoms with Crippen molar-refractivity contribution in [2.24, 2.45) is 5.41 Å². The number of hydrogen-bond donors (Lipinski definition) is 0. The first-order chi connectivity index (χ1) is 5.62. The van der Waals surface area contributed by atoms with Gasteiger partial charge in [0.15, 0.2) is 0 Å². The molecule has 0 aromatic heterocycles. The predicted octanol–water partition coefficient (Wildman–Crippen LogP) is 2.74. The molecule has 0 saturated heterocycles. The van der Waals surface area contributed by atoms with Crippen LogP contribution in [0.2, 0.25) is 0 Å². The van der Waals surface area contributed by atoms with Crippen molar-refractivity contribution in [3.63, 3.8) is 0 Å².